The maximum Gasteiger partial charge on any atom is 0.333 e. The Morgan fingerprint density at radius 3 is 2.95 bits per heavy atom. The predicted octanol–water partition coefficient (Wildman–Crippen LogP) is 1.81. The van der Waals surface area contributed by atoms with Gasteiger partial charge in [-0.25, -0.2) is 0 Å². The molecule has 6 heteroatoms. The van der Waals surface area contributed by atoms with Crippen molar-refractivity contribution < 1.29 is 14.8 Å². The Bertz CT molecular complexity index is 464. The van der Waals surface area contributed by atoms with E-state index in [1.165, 1.54) is 0 Å². The van der Waals surface area contributed by atoms with Crippen molar-refractivity contribution >= 4 is 11.4 Å². The fourth-order valence-electron chi connectivity index (χ4n) is 2.42. The molecule has 1 saturated heterocycles. The molecule has 6 nitrogen and oxygen atoms in total. The van der Waals surface area contributed by atoms with Crippen molar-refractivity contribution in [1.29, 1.82) is 0 Å². The predicted molar refractivity (Wildman–Crippen MR) is 71.7 cm³/mol. The van der Waals surface area contributed by atoms with E-state index >= 15 is 0 Å². The van der Waals surface area contributed by atoms with Crippen LogP contribution in [0.1, 0.15) is 13.3 Å². The van der Waals surface area contributed by atoms with E-state index in [1.54, 1.807) is 25.1 Å². The number of aliphatic hydroxyl groups excluding tert-OH is 1. The molecule has 0 saturated carbocycles. The maximum atomic E-state index is 11.3. The van der Waals surface area contributed by atoms with Crippen LogP contribution in [-0.4, -0.2) is 36.3 Å². The van der Waals surface area contributed by atoms with Crippen molar-refractivity contribution in [3.05, 3.63) is 28.3 Å². The van der Waals surface area contributed by atoms with Crippen LogP contribution in [0.4, 0.5) is 11.4 Å². The van der Waals surface area contributed by atoms with Crippen LogP contribution in [0, 0.1) is 16.0 Å². The molecule has 0 radical (unpaired) electrons. The number of para-hydroxylation sites is 1. The molecule has 104 valence electrons. The van der Waals surface area contributed by atoms with Crippen LogP contribution in [0.3, 0.4) is 0 Å². The van der Waals surface area contributed by atoms with Gasteiger partial charge in [-0.2, -0.15) is 0 Å². The number of hydrogen-bond acceptors (Lipinski definition) is 5. The van der Waals surface area contributed by atoms with Crippen LogP contribution in [0.15, 0.2) is 18.2 Å². The number of nitro benzene ring substituents is 1. The van der Waals surface area contributed by atoms with Crippen molar-refractivity contribution in [3.63, 3.8) is 0 Å². The summed E-state index contributed by atoms with van der Waals surface area (Å²) in [6.07, 6.45) is 0.854. The third kappa shape index (κ3) is 2.78. The zero-order valence-corrected chi connectivity index (χ0v) is 10.9. The van der Waals surface area contributed by atoms with Gasteiger partial charge in [0.1, 0.15) is 5.69 Å². The summed E-state index contributed by atoms with van der Waals surface area (Å²) in [5, 5.41) is 20.4. The van der Waals surface area contributed by atoms with Crippen LogP contribution >= 0.6 is 0 Å². The molecule has 1 fully saturated rings. The first-order valence-corrected chi connectivity index (χ1v) is 6.43. The summed E-state index contributed by atoms with van der Waals surface area (Å²) in [6, 6.07) is 5.12. The van der Waals surface area contributed by atoms with Crippen LogP contribution in [-0.2, 0) is 0 Å². The number of ether oxygens (including phenoxy) is 1. The lowest BCUT2D eigenvalue weighted by Crippen LogP contribution is -2.21. The van der Waals surface area contributed by atoms with Crippen LogP contribution in [0.25, 0.3) is 0 Å². The number of aliphatic hydroxyl groups is 1. The van der Waals surface area contributed by atoms with Crippen LogP contribution < -0.4 is 9.64 Å². The molecule has 1 heterocycles. The quantitative estimate of drug-likeness (QED) is 0.649. The summed E-state index contributed by atoms with van der Waals surface area (Å²) in [5.74, 6) is 0.493. The second-order valence-electron chi connectivity index (χ2n) is 4.60. The molecular weight excluding hydrogens is 248 g/mol. The van der Waals surface area contributed by atoms with Crippen LogP contribution in [0.5, 0.6) is 5.75 Å². The Labute approximate surface area is 111 Å². The SMILES string of the molecule is CCOc1cccc(N2CCC(CO)C2)c1[N+](=O)[O-]. The molecule has 1 aromatic carbocycles. The minimum atomic E-state index is -0.396. The van der Waals surface area contributed by atoms with Gasteiger partial charge in [-0.05, 0) is 25.5 Å². The molecule has 1 aromatic rings. The van der Waals surface area contributed by atoms with Crippen molar-refractivity contribution in [3.8, 4) is 5.75 Å². The monoisotopic (exact) mass is 266 g/mol. The van der Waals surface area contributed by atoms with Crippen LogP contribution in [0.2, 0.25) is 0 Å². The number of nitro groups is 1. The third-order valence-electron chi connectivity index (χ3n) is 3.34. The average molecular weight is 266 g/mol. The molecular formula is C13H18N2O4. The van der Waals surface area contributed by atoms with Gasteiger partial charge < -0.3 is 14.7 Å². The number of anilines is 1. The number of nitrogens with zero attached hydrogens (tertiary/aromatic N) is 2. The Kier molecular flexibility index (Phi) is 4.21. The van der Waals surface area contributed by atoms with Gasteiger partial charge in [0.2, 0.25) is 0 Å². The van der Waals surface area contributed by atoms with E-state index in [-0.39, 0.29) is 18.2 Å². The van der Waals surface area contributed by atoms with Gasteiger partial charge in [0.25, 0.3) is 0 Å². The molecule has 2 rings (SSSR count). The number of hydrogen-bond donors (Lipinski definition) is 1. The second kappa shape index (κ2) is 5.88. The standard InChI is InChI=1S/C13H18N2O4/c1-2-19-12-5-3-4-11(13(12)15(17)18)14-7-6-10(8-14)9-16/h3-5,10,16H,2,6-9H2,1H3. The largest absolute Gasteiger partial charge is 0.487 e. The fourth-order valence-corrected chi connectivity index (χ4v) is 2.42. The highest BCUT2D eigenvalue weighted by molar-refractivity contribution is 5.70. The molecule has 1 aliphatic heterocycles. The Balaban J connectivity index is 2.34. The lowest BCUT2D eigenvalue weighted by molar-refractivity contribution is -0.385. The van der Waals surface area contributed by atoms with Crippen molar-refractivity contribution in [2.24, 2.45) is 5.92 Å². The molecule has 1 unspecified atom stereocenters. The van der Waals surface area contributed by atoms with Gasteiger partial charge in [0.15, 0.2) is 5.75 Å². The topological polar surface area (TPSA) is 75.8 Å². The Hall–Kier alpha value is -1.82. The lowest BCUT2D eigenvalue weighted by Gasteiger charge is -2.19. The summed E-state index contributed by atoms with van der Waals surface area (Å²) in [6.45, 7) is 3.68. The van der Waals surface area contributed by atoms with Gasteiger partial charge in [0.05, 0.1) is 11.5 Å². The molecule has 0 aromatic heterocycles. The van der Waals surface area contributed by atoms with E-state index in [2.05, 4.69) is 0 Å². The van der Waals surface area contributed by atoms with Gasteiger partial charge in [-0.15, -0.1) is 0 Å². The average Bonchev–Trinajstić information content (AvgIpc) is 2.87. The molecule has 1 atom stereocenters. The first kappa shape index (κ1) is 13.6. The van der Waals surface area contributed by atoms with Crippen molar-refractivity contribution in [2.75, 3.05) is 31.2 Å². The Morgan fingerprint density at radius 2 is 2.37 bits per heavy atom. The molecule has 1 N–H and O–H groups in total. The molecule has 0 bridgehead atoms. The molecule has 1 aliphatic rings. The fraction of sp³-hybridized carbons (Fsp3) is 0.538. The summed E-state index contributed by atoms with van der Waals surface area (Å²) >= 11 is 0. The van der Waals surface area contributed by atoms with E-state index in [0.29, 0.717) is 24.6 Å². The molecule has 0 aliphatic carbocycles. The molecule has 0 spiro atoms. The number of rotatable bonds is 5. The summed E-state index contributed by atoms with van der Waals surface area (Å²) < 4.78 is 5.33. The minimum absolute atomic E-state index is 0.0166. The van der Waals surface area contributed by atoms with Gasteiger partial charge in [0, 0.05) is 25.6 Å². The highest BCUT2D eigenvalue weighted by Crippen LogP contribution is 2.39. The third-order valence-corrected chi connectivity index (χ3v) is 3.34. The van der Waals surface area contributed by atoms with Gasteiger partial charge >= 0.3 is 5.69 Å². The molecule has 0 amide bonds. The smallest absolute Gasteiger partial charge is 0.333 e. The van der Waals surface area contributed by atoms with E-state index < -0.39 is 4.92 Å². The summed E-state index contributed by atoms with van der Waals surface area (Å²) in [4.78, 5) is 12.8. The van der Waals surface area contributed by atoms with Gasteiger partial charge in [-0.1, -0.05) is 6.07 Å². The first-order chi connectivity index (χ1) is 9.17. The van der Waals surface area contributed by atoms with E-state index in [9.17, 15) is 10.1 Å². The zero-order chi connectivity index (χ0) is 13.8. The first-order valence-electron chi connectivity index (χ1n) is 6.43. The normalized spacial score (nSPS) is 18.6. The maximum absolute atomic E-state index is 11.3. The minimum Gasteiger partial charge on any atom is -0.487 e. The zero-order valence-electron chi connectivity index (χ0n) is 10.9. The summed E-state index contributed by atoms with van der Waals surface area (Å²) in [7, 11) is 0. The van der Waals surface area contributed by atoms with Crippen molar-refractivity contribution in [1.82, 2.24) is 0 Å². The Morgan fingerprint density at radius 1 is 1.58 bits per heavy atom. The second-order valence-corrected chi connectivity index (χ2v) is 4.60. The van der Waals surface area contributed by atoms with Gasteiger partial charge in [-0.3, -0.25) is 10.1 Å². The van der Waals surface area contributed by atoms with E-state index in [4.69, 9.17) is 9.84 Å². The number of benzene rings is 1. The van der Waals surface area contributed by atoms with E-state index in [1.807, 2.05) is 4.90 Å². The lowest BCUT2D eigenvalue weighted by atomic mass is 10.1. The highest BCUT2D eigenvalue weighted by Gasteiger charge is 2.29. The van der Waals surface area contributed by atoms with E-state index in [0.717, 1.165) is 13.0 Å². The molecule has 19 heavy (non-hydrogen) atoms. The summed E-state index contributed by atoms with van der Waals surface area (Å²) in [5.41, 5.74) is 0.592. The highest BCUT2D eigenvalue weighted by atomic mass is 16.6. The van der Waals surface area contributed by atoms with Crippen molar-refractivity contribution in [2.45, 2.75) is 13.3 Å².